The van der Waals surface area contributed by atoms with Crippen LogP contribution in [0.15, 0.2) is 0 Å². The third-order valence-electron chi connectivity index (χ3n) is 2.24. The smallest absolute Gasteiger partial charge is 0.383 e. The second-order valence-corrected chi connectivity index (χ2v) is 3.25. The Morgan fingerprint density at radius 2 is 2.21 bits per heavy atom. The molecule has 1 atom stereocenters. The molecule has 0 spiro atoms. The van der Waals surface area contributed by atoms with Crippen LogP contribution in [0, 0.1) is 0 Å². The topological polar surface area (TPSA) is 29.5 Å². The molecule has 0 aliphatic carbocycles. The van der Waals surface area contributed by atoms with E-state index in [1.165, 1.54) is 7.11 Å². The maximum atomic E-state index is 12.1. The third-order valence-corrected chi connectivity index (χ3v) is 2.24. The highest BCUT2D eigenvalue weighted by molar-refractivity contribution is 5.82. The van der Waals surface area contributed by atoms with Crippen molar-refractivity contribution in [3.05, 3.63) is 0 Å². The van der Waals surface area contributed by atoms with Gasteiger partial charge in [-0.25, -0.2) is 0 Å². The van der Waals surface area contributed by atoms with Gasteiger partial charge >= 0.3 is 12.1 Å². The van der Waals surface area contributed by atoms with Crippen LogP contribution in [0.25, 0.3) is 0 Å². The maximum Gasteiger partial charge on any atom is 0.471 e. The molecule has 82 valence electrons. The van der Waals surface area contributed by atoms with Crippen LogP contribution in [-0.2, 0) is 9.53 Å². The number of methoxy groups -OCH3 is 1. The summed E-state index contributed by atoms with van der Waals surface area (Å²) in [6.45, 7) is 0.341. The van der Waals surface area contributed by atoms with Gasteiger partial charge in [0.05, 0.1) is 12.6 Å². The zero-order chi connectivity index (χ0) is 10.8. The predicted octanol–water partition coefficient (Wildman–Crippen LogP) is 1.19. The lowest BCUT2D eigenvalue weighted by atomic mass is 10.2. The molecule has 1 amide bonds. The molecule has 0 aromatic carbocycles. The number of amides is 1. The summed E-state index contributed by atoms with van der Waals surface area (Å²) < 4.78 is 41.0. The number of nitrogens with zero attached hydrogens (tertiary/aromatic N) is 1. The first kappa shape index (κ1) is 11.3. The molecule has 1 rings (SSSR count). The van der Waals surface area contributed by atoms with E-state index in [0.29, 0.717) is 12.8 Å². The fraction of sp³-hybridized carbons (Fsp3) is 0.875. The molecule has 6 heteroatoms. The number of ether oxygens (including phenoxy) is 1. The largest absolute Gasteiger partial charge is 0.471 e. The quantitative estimate of drug-likeness (QED) is 0.685. The first-order valence-corrected chi connectivity index (χ1v) is 4.33. The highest BCUT2D eigenvalue weighted by atomic mass is 19.3. The fourth-order valence-corrected chi connectivity index (χ4v) is 1.63. The zero-order valence-electron chi connectivity index (χ0n) is 7.80. The Bertz CT molecular complexity index is 217. The Labute approximate surface area is 79.8 Å². The van der Waals surface area contributed by atoms with Crippen LogP contribution in [0.1, 0.15) is 12.8 Å². The van der Waals surface area contributed by atoms with E-state index in [4.69, 9.17) is 4.74 Å². The number of hydrogen-bond donors (Lipinski definition) is 0. The van der Waals surface area contributed by atoms with Gasteiger partial charge in [0.2, 0.25) is 0 Å². The molecule has 1 fully saturated rings. The molecule has 0 unspecified atom stereocenters. The minimum absolute atomic E-state index is 0.168. The van der Waals surface area contributed by atoms with Crippen molar-refractivity contribution in [1.82, 2.24) is 4.90 Å². The van der Waals surface area contributed by atoms with Gasteiger partial charge in [-0.3, -0.25) is 4.79 Å². The van der Waals surface area contributed by atoms with E-state index in [-0.39, 0.29) is 13.2 Å². The Morgan fingerprint density at radius 3 is 2.71 bits per heavy atom. The summed E-state index contributed by atoms with van der Waals surface area (Å²) in [5.74, 6) is -1.75. The molecular formula is C8H12F3NO2. The minimum Gasteiger partial charge on any atom is -0.383 e. The molecular weight excluding hydrogens is 198 g/mol. The van der Waals surface area contributed by atoms with Crippen molar-refractivity contribution < 1.29 is 22.7 Å². The van der Waals surface area contributed by atoms with Gasteiger partial charge in [-0.1, -0.05) is 0 Å². The van der Waals surface area contributed by atoms with E-state index in [0.717, 1.165) is 4.90 Å². The summed E-state index contributed by atoms with van der Waals surface area (Å²) in [5.41, 5.74) is 0. The predicted molar refractivity (Wildman–Crippen MR) is 42.7 cm³/mol. The molecule has 0 bridgehead atoms. The van der Waals surface area contributed by atoms with Crippen LogP contribution < -0.4 is 0 Å². The molecule has 3 nitrogen and oxygen atoms in total. The van der Waals surface area contributed by atoms with Crippen molar-refractivity contribution in [2.45, 2.75) is 25.1 Å². The fourth-order valence-electron chi connectivity index (χ4n) is 1.63. The Balaban J connectivity index is 2.62. The molecule has 0 aromatic rings. The lowest BCUT2D eigenvalue weighted by molar-refractivity contribution is -0.187. The van der Waals surface area contributed by atoms with Crippen molar-refractivity contribution in [2.75, 3.05) is 20.3 Å². The monoisotopic (exact) mass is 210 g/mol. The van der Waals surface area contributed by atoms with Gasteiger partial charge in [0.1, 0.15) is 0 Å². The van der Waals surface area contributed by atoms with Gasteiger partial charge < -0.3 is 9.64 Å². The van der Waals surface area contributed by atoms with Crippen molar-refractivity contribution in [3.63, 3.8) is 0 Å². The summed E-state index contributed by atoms with van der Waals surface area (Å²) in [4.78, 5) is 11.7. The van der Waals surface area contributed by atoms with Gasteiger partial charge in [-0.15, -0.1) is 0 Å². The van der Waals surface area contributed by atoms with Crippen molar-refractivity contribution in [3.8, 4) is 0 Å². The van der Waals surface area contributed by atoms with Crippen LogP contribution in [0.2, 0.25) is 0 Å². The first-order valence-electron chi connectivity index (χ1n) is 4.33. The number of carbonyl (C=O) groups excluding carboxylic acids is 1. The summed E-state index contributed by atoms with van der Waals surface area (Å²) in [5, 5.41) is 0. The standard InChI is InChI=1S/C8H12F3NO2/c1-14-5-6-3-2-4-12(6)7(13)8(9,10)11/h6H,2-5H2,1H3/t6-/m0/s1/i9-1. The lowest BCUT2D eigenvalue weighted by Gasteiger charge is -2.24. The molecule has 0 saturated carbocycles. The maximum absolute atomic E-state index is 12.1. The van der Waals surface area contributed by atoms with Gasteiger partial charge in [0, 0.05) is 13.7 Å². The van der Waals surface area contributed by atoms with Gasteiger partial charge in [-0.05, 0) is 12.8 Å². The van der Waals surface area contributed by atoms with Crippen molar-refractivity contribution >= 4 is 5.91 Å². The van der Waals surface area contributed by atoms with E-state index in [1.807, 2.05) is 0 Å². The number of halogens is 3. The molecule has 14 heavy (non-hydrogen) atoms. The highest BCUT2D eigenvalue weighted by Crippen LogP contribution is 2.25. The Hall–Kier alpha value is -0.780. The first-order chi connectivity index (χ1) is 6.46. The second-order valence-electron chi connectivity index (χ2n) is 3.25. The average molecular weight is 210 g/mol. The average Bonchev–Trinajstić information content (AvgIpc) is 2.50. The SMILES string of the molecule is COC[C@@H]1CCCN1C(=O)C(F)(F)[18F]. The highest BCUT2D eigenvalue weighted by Gasteiger charge is 2.45. The van der Waals surface area contributed by atoms with E-state index < -0.39 is 18.1 Å². The lowest BCUT2D eigenvalue weighted by Crippen LogP contribution is -2.45. The van der Waals surface area contributed by atoms with E-state index in [1.54, 1.807) is 0 Å². The molecule has 0 aromatic heterocycles. The molecule has 1 saturated heterocycles. The number of alkyl halides is 3. The third kappa shape index (κ3) is 2.37. The van der Waals surface area contributed by atoms with Crippen molar-refractivity contribution in [2.24, 2.45) is 0 Å². The Kier molecular flexibility index (Phi) is 3.36. The zero-order valence-corrected chi connectivity index (χ0v) is 7.80. The summed E-state index contributed by atoms with van der Waals surface area (Å²) >= 11 is 0. The van der Waals surface area contributed by atoms with Crippen LogP contribution in [0.5, 0.6) is 0 Å². The number of likely N-dealkylation sites (tertiary alicyclic amines) is 1. The van der Waals surface area contributed by atoms with Gasteiger partial charge in [-0.2, -0.15) is 13.2 Å². The van der Waals surface area contributed by atoms with Crippen LogP contribution in [-0.4, -0.2) is 43.3 Å². The molecule has 0 N–H and O–H groups in total. The van der Waals surface area contributed by atoms with E-state index in [9.17, 15) is 18.0 Å². The normalized spacial score (nSPS) is 22.9. The van der Waals surface area contributed by atoms with Crippen LogP contribution in [0.3, 0.4) is 0 Å². The summed E-state index contributed by atoms with van der Waals surface area (Å²) in [6.07, 6.45) is -3.58. The molecule has 1 aliphatic heterocycles. The number of carbonyl (C=O) groups is 1. The summed E-state index contributed by atoms with van der Waals surface area (Å²) in [7, 11) is 1.41. The molecule has 1 heterocycles. The summed E-state index contributed by atoms with van der Waals surface area (Å²) in [6, 6.07) is -0.422. The minimum atomic E-state index is -4.77. The Morgan fingerprint density at radius 1 is 1.57 bits per heavy atom. The molecule has 1 aliphatic rings. The van der Waals surface area contributed by atoms with E-state index in [2.05, 4.69) is 0 Å². The molecule has 0 radical (unpaired) electrons. The number of rotatable bonds is 2. The van der Waals surface area contributed by atoms with Gasteiger partial charge in [0.25, 0.3) is 0 Å². The second kappa shape index (κ2) is 4.16. The van der Waals surface area contributed by atoms with E-state index >= 15 is 0 Å². The van der Waals surface area contributed by atoms with Crippen molar-refractivity contribution in [1.29, 1.82) is 0 Å². The van der Waals surface area contributed by atoms with Crippen LogP contribution >= 0.6 is 0 Å². The van der Waals surface area contributed by atoms with Gasteiger partial charge in [0.15, 0.2) is 0 Å². The van der Waals surface area contributed by atoms with Crippen LogP contribution in [0.4, 0.5) is 13.2 Å². The number of hydrogen-bond acceptors (Lipinski definition) is 2.